The zero-order valence-corrected chi connectivity index (χ0v) is 12.6. The molecule has 1 aromatic carbocycles. The zero-order valence-electron chi connectivity index (χ0n) is 11.0. The van der Waals surface area contributed by atoms with E-state index < -0.39 is 20.6 Å². The third-order valence-electron chi connectivity index (χ3n) is 2.32. The van der Waals surface area contributed by atoms with Crippen LogP contribution in [0.4, 0.5) is 5.69 Å². The van der Waals surface area contributed by atoms with Crippen molar-refractivity contribution in [2.45, 2.75) is 4.90 Å². The summed E-state index contributed by atoms with van der Waals surface area (Å²) in [7, 11) is -0.904. The van der Waals surface area contributed by atoms with Gasteiger partial charge in [-0.15, -0.1) is 12.4 Å². The molecule has 1 aromatic rings. The Bertz CT molecular complexity index is 564. The predicted octanol–water partition coefficient (Wildman–Crippen LogP) is 0.523. The van der Waals surface area contributed by atoms with Crippen LogP contribution in [0, 0.1) is 10.1 Å². The van der Waals surface area contributed by atoms with Crippen LogP contribution >= 0.6 is 12.4 Å². The molecule has 8 nitrogen and oxygen atoms in total. The second kappa shape index (κ2) is 8.00. The van der Waals surface area contributed by atoms with E-state index in [9.17, 15) is 18.5 Å². The number of sulfonamides is 1. The average molecular weight is 326 g/mol. The molecular weight excluding hydrogens is 310 g/mol. The fraction of sp³-hybridized carbons (Fsp3) is 0.400. The molecule has 0 fully saturated rings. The number of halogens is 1. The summed E-state index contributed by atoms with van der Waals surface area (Å²) in [4.78, 5) is 9.78. The van der Waals surface area contributed by atoms with Crippen LogP contribution in [0.15, 0.2) is 23.1 Å². The molecule has 0 bridgehead atoms. The van der Waals surface area contributed by atoms with Crippen LogP contribution in [0.5, 0.6) is 5.75 Å². The molecule has 0 aliphatic heterocycles. The van der Waals surface area contributed by atoms with Gasteiger partial charge in [-0.2, -0.15) is 0 Å². The van der Waals surface area contributed by atoms with Gasteiger partial charge in [0.25, 0.3) is 5.69 Å². The van der Waals surface area contributed by atoms with Crippen LogP contribution in [0.25, 0.3) is 0 Å². The van der Waals surface area contributed by atoms with E-state index in [4.69, 9.17) is 4.74 Å². The molecule has 114 valence electrons. The van der Waals surface area contributed by atoms with Gasteiger partial charge >= 0.3 is 0 Å². The summed E-state index contributed by atoms with van der Waals surface area (Å²) < 4.78 is 31.0. The molecule has 0 spiro atoms. The fourth-order valence-electron chi connectivity index (χ4n) is 1.38. The van der Waals surface area contributed by atoms with Crippen LogP contribution < -0.4 is 14.8 Å². The summed E-state index contributed by atoms with van der Waals surface area (Å²) in [6.45, 7) is 0.561. The van der Waals surface area contributed by atoms with Gasteiger partial charge in [0.15, 0.2) is 4.90 Å². The van der Waals surface area contributed by atoms with Gasteiger partial charge in [-0.1, -0.05) is 0 Å². The van der Waals surface area contributed by atoms with Gasteiger partial charge in [-0.05, 0) is 19.2 Å². The van der Waals surface area contributed by atoms with Crippen molar-refractivity contribution in [2.75, 3.05) is 27.2 Å². The van der Waals surface area contributed by atoms with Crippen molar-refractivity contribution >= 4 is 28.1 Å². The van der Waals surface area contributed by atoms with Crippen LogP contribution in [-0.4, -0.2) is 40.6 Å². The van der Waals surface area contributed by atoms with Gasteiger partial charge in [0, 0.05) is 13.1 Å². The Labute approximate surface area is 123 Å². The number of benzene rings is 1. The molecule has 2 N–H and O–H groups in total. The summed E-state index contributed by atoms with van der Waals surface area (Å²) in [6.07, 6.45) is 0. The van der Waals surface area contributed by atoms with Crippen LogP contribution in [-0.2, 0) is 10.0 Å². The van der Waals surface area contributed by atoms with Crippen molar-refractivity contribution in [2.24, 2.45) is 0 Å². The molecule has 1 rings (SSSR count). The molecule has 10 heteroatoms. The normalized spacial score (nSPS) is 10.7. The molecule has 0 radical (unpaired) electrons. The molecule has 0 aliphatic carbocycles. The lowest BCUT2D eigenvalue weighted by Gasteiger charge is -2.08. The van der Waals surface area contributed by atoms with Crippen LogP contribution in [0.1, 0.15) is 0 Å². The van der Waals surface area contributed by atoms with Gasteiger partial charge in [-0.25, -0.2) is 13.1 Å². The number of hydrogen-bond donors (Lipinski definition) is 2. The number of rotatable bonds is 7. The van der Waals surface area contributed by atoms with Gasteiger partial charge < -0.3 is 10.1 Å². The SMILES string of the molecule is CNCCNS(=O)(=O)c1ccc(OC)cc1[N+](=O)[O-].Cl. The maximum Gasteiger partial charge on any atom is 0.293 e. The second-order valence-corrected chi connectivity index (χ2v) is 5.33. The molecule has 0 saturated heterocycles. The molecule has 0 saturated carbocycles. The Morgan fingerprint density at radius 3 is 2.50 bits per heavy atom. The number of likely N-dealkylation sites (N-methyl/N-ethyl adjacent to an activating group) is 1. The Morgan fingerprint density at radius 1 is 1.35 bits per heavy atom. The second-order valence-electron chi connectivity index (χ2n) is 3.59. The minimum Gasteiger partial charge on any atom is -0.497 e. The number of nitro groups is 1. The number of ether oxygens (including phenoxy) is 1. The summed E-state index contributed by atoms with van der Waals surface area (Å²) in [5, 5.41) is 13.7. The lowest BCUT2D eigenvalue weighted by Crippen LogP contribution is -2.30. The maximum atomic E-state index is 11.9. The van der Waals surface area contributed by atoms with E-state index in [0.29, 0.717) is 6.54 Å². The van der Waals surface area contributed by atoms with Gasteiger partial charge in [-0.3, -0.25) is 10.1 Å². The van der Waals surface area contributed by atoms with E-state index in [-0.39, 0.29) is 29.6 Å². The molecule has 0 amide bonds. The van der Waals surface area contributed by atoms with Crippen molar-refractivity contribution in [1.29, 1.82) is 0 Å². The van der Waals surface area contributed by atoms with Crippen molar-refractivity contribution in [3.8, 4) is 5.75 Å². The standard InChI is InChI=1S/C10H15N3O5S.ClH/c1-11-5-6-12-19(16,17)10-4-3-8(18-2)7-9(10)13(14)15;/h3-4,7,11-12H,5-6H2,1-2H3;1H. The highest BCUT2D eigenvalue weighted by Crippen LogP contribution is 2.27. The highest BCUT2D eigenvalue weighted by Gasteiger charge is 2.25. The van der Waals surface area contributed by atoms with E-state index in [1.807, 2.05) is 0 Å². The summed E-state index contributed by atoms with van der Waals surface area (Å²) in [6, 6.07) is 3.59. The molecule has 0 atom stereocenters. The summed E-state index contributed by atoms with van der Waals surface area (Å²) in [5.74, 6) is 0.223. The lowest BCUT2D eigenvalue weighted by molar-refractivity contribution is -0.387. The topological polar surface area (TPSA) is 111 Å². The molecule has 0 aromatic heterocycles. The van der Waals surface area contributed by atoms with E-state index in [1.165, 1.54) is 13.2 Å². The molecule has 20 heavy (non-hydrogen) atoms. The minimum atomic E-state index is -3.92. The van der Waals surface area contributed by atoms with Crippen molar-refractivity contribution in [3.63, 3.8) is 0 Å². The van der Waals surface area contributed by atoms with E-state index in [0.717, 1.165) is 12.1 Å². The largest absolute Gasteiger partial charge is 0.497 e. The van der Waals surface area contributed by atoms with Crippen molar-refractivity contribution in [1.82, 2.24) is 10.0 Å². The first-order valence-corrected chi connectivity index (χ1v) is 6.87. The Balaban J connectivity index is 0.00000361. The number of nitrogens with one attached hydrogen (secondary N) is 2. The Hall–Kier alpha value is -1.42. The number of methoxy groups -OCH3 is 1. The van der Waals surface area contributed by atoms with Crippen LogP contribution in [0.2, 0.25) is 0 Å². The maximum absolute atomic E-state index is 11.9. The number of nitrogens with zero attached hydrogens (tertiary/aromatic N) is 1. The smallest absolute Gasteiger partial charge is 0.293 e. The average Bonchev–Trinajstić information content (AvgIpc) is 2.38. The van der Waals surface area contributed by atoms with E-state index in [1.54, 1.807) is 7.05 Å². The summed E-state index contributed by atoms with van der Waals surface area (Å²) >= 11 is 0. The predicted molar refractivity (Wildman–Crippen MR) is 76.0 cm³/mol. The lowest BCUT2D eigenvalue weighted by atomic mass is 10.3. The summed E-state index contributed by atoms with van der Waals surface area (Å²) in [5.41, 5.74) is -0.517. The van der Waals surface area contributed by atoms with Gasteiger partial charge in [0.1, 0.15) is 5.75 Å². The first-order valence-electron chi connectivity index (χ1n) is 5.39. The van der Waals surface area contributed by atoms with Crippen molar-refractivity contribution < 1.29 is 18.1 Å². The zero-order chi connectivity index (χ0) is 14.5. The Kier molecular flexibility index (Phi) is 7.43. The molecule has 0 aliphatic rings. The number of nitro benzene ring substituents is 1. The third kappa shape index (κ3) is 4.60. The van der Waals surface area contributed by atoms with Gasteiger partial charge in [0.05, 0.1) is 18.1 Å². The first-order chi connectivity index (χ1) is 8.92. The molecule has 0 heterocycles. The van der Waals surface area contributed by atoms with Crippen LogP contribution in [0.3, 0.4) is 0 Å². The Morgan fingerprint density at radius 2 is 2.00 bits per heavy atom. The fourth-order valence-corrected chi connectivity index (χ4v) is 2.56. The van der Waals surface area contributed by atoms with Gasteiger partial charge in [0.2, 0.25) is 10.0 Å². The molecular formula is C10H16ClN3O5S. The monoisotopic (exact) mass is 325 g/mol. The minimum absolute atomic E-state index is 0. The van der Waals surface area contributed by atoms with E-state index >= 15 is 0 Å². The van der Waals surface area contributed by atoms with Crippen molar-refractivity contribution in [3.05, 3.63) is 28.3 Å². The first kappa shape index (κ1) is 18.6. The van der Waals surface area contributed by atoms with E-state index in [2.05, 4.69) is 10.0 Å². The quantitative estimate of drug-likeness (QED) is 0.429. The highest BCUT2D eigenvalue weighted by atomic mass is 35.5. The highest BCUT2D eigenvalue weighted by molar-refractivity contribution is 7.89. The third-order valence-corrected chi connectivity index (χ3v) is 3.83. The number of hydrogen-bond acceptors (Lipinski definition) is 6. The molecule has 0 unspecified atom stereocenters.